The number of amides is 1. The molecular formula is C20H19ClF3N3O4. The lowest BCUT2D eigenvalue weighted by atomic mass is 9.82. The van der Waals surface area contributed by atoms with Crippen LogP contribution in [0, 0.1) is 0 Å². The largest absolute Gasteiger partial charge is 0.522 e. The van der Waals surface area contributed by atoms with E-state index in [0.29, 0.717) is 29.2 Å². The van der Waals surface area contributed by atoms with Crippen LogP contribution in [0.15, 0.2) is 29.2 Å². The molecule has 0 saturated heterocycles. The summed E-state index contributed by atoms with van der Waals surface area (Å²) in [6.07, 6.45) is -5.02. The van der Waals surface area contributed by atoms with Crippen molar-refractivity contribution in [2.45, 2.75) is 50.2 Å². The maximum absolute atomic E-state index is 12.3. The first-order valence-corrected chi connectivity index (χ1v) is 10.0. The Balaban J connectivity index is 1.20. The molecule has 0 radical (unpaired) electrons. The van der Waals surface area contributed by atoms with Crippen LogP contribution in [0.4, 0.5) is 13.2 Å². The van der Waals surface area contributed by atoms with E-state index in [1.165, 1.54) is 0 Å². The fourth-order valence-electron chi connectivity index (χ4n) is 3.52. The Kier molecular flexibility index (Phi) is 5.94. The van der Waals surface area contributed by atoms with Crippen LogP contribution in [-0.4, -0.2) is 41.2 Å². The number of nitrogens with zero attached hydrogens (tertiary/aromatic N) is 2. The minimum absolute atomic E-state index is 0.165. The zero-order valence-corrected chi connectivity index (χ0v) is 17.0. The zero-order chi connectivity index (χ0) is 22.2. The lowest BCUT2D eigenvalue weighted by molar-refractivity contribution is -0.352. The summed E-state index contributed by atoms with van der Waals surface area (Å²) < 4.78 is 51.7. The van der Waals surface area contributed by atoms with Gasteiger partial charge >= 0.3 is 6.36 Å². The number of fused-ring (bicyclic) bond motifs is 1. The summed E-state index contributed by atoms with van der Waals surface area (Å²) in [6, 6.07) is 5.22. The molecule has 7 nitrogen and oxygen atoms in total. The number of rotatable bonds is 7. The van der Waals surface area contributed by atoms with Gasteiger partial charge in [-0.05, 0) is 43.0 Å². The van der Waals surface area contributed by atoms with Crippen molar-refractivity contribution < 1.29 is 31.9 Å². The SMILES string of the molecule is C=C(CCNC(=O)[C@@H]1Cc2cc(Cl)ccc2O1)c1nnc([C@H]2C[C@@H](OC(F)(F)F)C2)o1. The highest BCUT2D eigenvalue weighted by molar-refractivity contribution is 6.30. The Morgan fingerprint density at radius 1 is 1.32 bits per heavy atom. The standard InChI is InChI=1S/C20H19ClF3N3O4/c1-10(18-26-27-19(30-18)12-7-14(8-12)31-20(22,23)24)4-5-25-17(28)16-9-11-6-13(21)2-3-15(11)29-16/h2-3,6,12,14,16H,1,4-5,7-9H2,(H,25,28)/t12-,14+,16-/m0/s1. The van der Waals surface area contributed by atoms with Gasteiger partial charge in [-0.25, -0.2) is 0 Å². The van der Waals surface area contributed by atoms with E-state index in [0.717, 1.165) is 5.56 Å². The van der Waals surface area contributed by atoms with Gasteiger partial charge in [0.1, 0.15) is 5.75 Å². The average molecular weight is 458 g/mol. The van der Waals surface area contributed by atoms with Gasteiger partial charge in [-0.1, -0.05) is 18.2 Å². The van der Waals surface area contributed by atoms with E-state index in [2.05, 4.69) is 26.8 Å². The van der Waals surface area contributed by atoms with Gasteiger partial charge in [0.05, 0.1) is 6.10 Å². The predicted molar refractivity (Wildman–Crippen MR) is 103 cm³/mol. The summed E-state index contributed by atoms with van der Waals surface area (Å²) in [4.78, 5) is 12.3. The number of aromatic nitrogens is 2. The Morgan fingerprint density at radius 2 is 2.10 bits per heavy atom. The fraction of sp³-hybridized carbons (Fsp3) is 0.450. The van der Waals surface area contributed by atoms with Gasteiger partial charge in [0.2, 0.25) is 11.8 Å². The van der Waals surface area contributed by atoms with Crippen LogP contribution in [-0.2, 0) is 16.0 Å². The van der Waals surface area contributed by atoms with Gasteiger partial charge in [0.25, 0.3) is 5.91 Å². The number of hydrogen-bond donors (Lipinski definition) is 1. The van der Waals surface area contributed by atoms with Gasteiger partial charge in [-0.3, -0.25) is 9.53 Å². The third-order valence-corrected chi connectivity index (χ3v) is 5.44. The van der Waals surface area contributed by atoms with Crippen LogP contribution in [0.3, 0.4) is 0 Å². The smallest absolute Gasteiger partial charge is 0.480 e. The van der Waals surface area contributed by atoms with Gasteiger partial charge in [-0.15, -0.1) is 23.4 Å². The van der Waals surface area contributed by atoms with Crippen molar-refractivity contribution in [1.29, 1.82) is 0 Å². The summed E-state index contributed by atoms with van der Waals surface area (Å²) >= 11 is 5.96. The van der Waals surface area contributed by atoms with Gasteiger partial charge in [0, 0.05) is 29.5 Å². The van der Waals surface area contributed by atoms with Crippen molar-refractivity contribution in [3.63, 3.8) is 0 Å². The molecule has 0 bridgehead atoms. The molecule has 1 fully saturated rings. The lowest BCUT2D eigenvalue weighted by Crippen LogP contribution is -2.37. The quantitative estimate of drug-likeness (QED) is 0.675. The summed E-state index contributed by atoms with van der Waals surface area (Å²) in [5.74, 6) is 0.583. The first-order valence-electron chi connectivity index (χ1n) is 9.67. The Hall–Kier alpha value is -2.59. The van der Waals surface area contributed by atoms with Crippen molar-refractivity contribution in [2.75, 3.05) is 6.54 Å². The van der Waals surface area contributed by atoms with Crippen LogP contribution in [0.1, 0.15) is 42.5 Å². The zero-order valence-electron chi connectivity index (χ0n) is 16.2. The molecule has 2 heterocycles. The van der Waals surface area contributed by atoms with Crippen LogP contribution >= 0.6 is 11.6 Å². The molecule has 1 saturated carbocycles. The lowest BCUT2D eigenvalue weighted by Gasteiger charge is -2.32. The number of hydrogen-bond acceptors (Lipinski definition) is 6. The molecule has 4 rings (SSSR count). The number of alkyl halides is 3. The maximum atomic E-state index is 12.3. The van der Waals surface area contributed by atoms with E-state index < -0.39 is 18.6 Å². The number of benzene rings is 1. The van der Waals surface area contributed by atoms with E-state index in [-0.39, 0.29) is 43.0 Å². The summed E-state index contributed by atoms with van der Waals surface area (Å²) in [5, 5.41) is 11.2. The molecule has 1 aliphatic carbocycles. The number of carbonyl (C=O) groups excluding carboxylic acids is 1. The monoisotopic (exact) mass is 457 g/mol. The Bertz CT molecular complexity index is 988. The van der Waals surface area contributed by atoms with Gasteiger partial charge < -0.3 is 14.5 Å². The van der Waals surface area contributed by atoms with E-state index in [4.69, 9.17) is 20.8 Å². The fourth-order valence-corrected chi connectivity index (χ4v) is 3.71. The average Bonchev–Trinajstić information content (AvgIpc) is 3.30. The number of carbonyl (C=O) groups is 1. The predicted octanol–water partition coefficient (Wildman–Crippen LogP) is 4.03. The summed E-state index contributed by atoms with van der Waals surface area (Å²) in [7, 11) is 0. The highest BCUT2D eigenvalue weighted by Gasteiger charge is 2.42. The first-order chi connectivity index (χ1) is 14.7. The molecule has 11 heteroatoms. The van der Waals surface area contributed by atoms with Crippen molar-refractivity contribution in [3.8, 4) is 5.75 Å². The third kappa shape index (κ3) is 5.19. The number of halogens is 4. The third-order valence-electron chi connectivity index (χ3n) is 5.20. The molecular weight excluding hydrogens is 439 g/mol. The molecule has 1 aliphatic heterocycles. The molecule has 1 amide bonds. The van der Waals surface area contributed by atoms with Crippen molar-refractivity contribution in [2.24, 2.45) is 0 Å². The van der Waals surface area contributed by atoms with Crippen LogP contribution < -0.4 is 10.1 Å². The second-order valence-corrected chi connectivity index (χ2v) is 7.94. The minimum atomic E-state index is -4.65. The maximum Gasteiger partial charge on any atom is 0.522 e. The van der Waals surface area contributed by atoms with Crippen molar-refractivity contribution in [1.82, 2.24) is 15.5 Å². The van der Waals surface area contributed by atoms with Crippen molar-refractivity contribution in [3.05, 3.63) is 47.1 Å². The van der Waals surface area contributed by atoms with Gasteiger partial charge in [0.15, 0.2) is 6.10 Å². The molecule has 2 aromatic rings. The van der Waals surface area contributed by atoms with E-state index in [9.17, 15) is 18.0 Å². The Morgan fingerprint density at radius 3 is 2.84 bits per heavy atom. The second kappa shape index (κ2) is 8.51. The van der Waals surface area contributed by atoms with E-state index in [1.807, 2.05) is 0 Å². The van der Waals surface area contributed by atoms with Crippen LogP contribution in [0.2, 0.25) is 5.02 Å². The molecule has 0 spiro atoms. The highest BCUT2D eigenvalue weighted by Crippen LogP contribution is 2.41. The van der Waals surface area contributed by atoms with E-state index >= 15 is 0 Å². The summed E-state index contributed by atoms with van der Waals surface area (Å²) in [5.41, 5.74) is 1.40. The first kappa shape index (κ1) is 21.6. The second-order valence-electron chi connectivity index (χ2n) is 7.51. The molecule has 166 valence electrons. The molecule has 0 unspecified atom stereocenters. The van der Waals surface area contributed by atoms with Crippen LogP contribution in [0.25, 0.3) is 5.57 Å². The normalized spacial score (nSPS) is 22.4. The number of ether oxygens (including phenoxy) is 2. The molecule has 2 aliphatic rings. The number of nitrogens with one attached hydrogen (secondary N) is 1. The van der Waals surface area contributed by atoms with E-state index in [1.54, 1.807) is 18.2 Å². The van der Waals surface area contributed by atoms with Crippen molar-refractivity contribution >= 4 is 23.1 Å². The molecule has 31 heavy (non-hydrogen) atoms. The molecule has 1 aromatic carbocycles. The minimum Gasteiger partial charge on any atom is -0.480 e. The summed E-state index contributed by atoms with van der Waals surface area (Å²) in [6.45, 7) is 4.16. The topological polar surface area (TPSA) is 86.5 Å². The molecule has 1 atom stereocenters. The van der Waals surface area contributed by atoms with Crippen LogP contribution in [0.5, 0.6) is 5.75 Å². The highest BCUT2D eigenvalue weighted by atomic mass is 35.5. The van der Waals surface area contributed by atoms with Gasteiger partial charge in [-0.2, -0.15) is 0 Å². The molecule has 1 N–H and O–H groups in total. The Labute approximate surface area is 180 Å². The molecule has 1 aromatic heterocycles.